The van der Waals surface area contributed by atoms with Crippen LogP contribution < -0.4 is 0 Å². The van der Waals surface area contributed by atoms with Crippen molar-refractivity contribution in [2.75, 3.05) is 5.33 Å². The smallest absolute Gasteiger partial charge is 0.0123 e. The predicted octanol–water partition coefficient (Wildman–Crippen LogP) is 8.72. The largest absolute Gasteiger partial charge is 0.107 e. The number of alkyl halides is 1. The minimum Gasteiger partial charge on any atom is -0.107 e. The highest BCUT2D eigenvalue weighted by Crippen LogP contribution is 2.08. The molecule has 0 unspecified atom stereocenters. The van der Waals surface area contributed by atoms with Crippen molar-refractivity contribution in [3.05, 3.63) is 23.3 Å². The van der Waals surface area contributed by atoms with Crippen LogP contribution in [0.3, 0.4) is 0 Å². The Hall–Kier alpha value is -0.920. The van der Waals surface area contributed by atoms with Gasteiger partial charge in [0.05, 0.1) is 0 Å². The molecule has 0 aromatic rings. The zero-order valence-corrected chi connectivity index (χ0v) is 18.2. The first-order valence-corrected chi connectivity index (χ1v) is 10.4. The van der Waals surface area contributed by atoms with Crippen LogP contribution in [0.25, 0.3) is 0 Å². The zero-order chi connectivity index (χ0) is 18.5. The lowest BCUT2D eigenvalue weighted by atomic mass is 10.1. The summed E-state index contributed by atoms with van der Waals surface area (Å²) in [5.74, 6) is 11.9. The van der Waals surface area contributed by atoms with E-state index in [2.05, 4.69) is 72.5 Å². The molecule has 0 aliphatic rings. The Kier molecular flexibility index (Phi) is 29.2. The van der Waals surface area contributed by atoms with Gasteiger partial charge in [-0.25, -0.2) is 0 Å². The number of unbranched alkanes of at least 4 members (excludes halogenated alkanes) is 3. The fourth-order valence-electron chi connectivity index (χ4n) is 2.04. The first kappa shape index (κ1) is 28.9. The van der Waals surface area contributed by atoms with Gasteiger partial charge in [-0.15, -0.1) is 23.7 Å². The molecule has 0 spiro atoms. The molecule has 0 aliphatic heterocycles. The molecule has 0 fully saturated rings. The molecule has 0 N–H and O–H groups in total. The Balaban J connectivity index is -0.000000173. The van der Waals surface area contributed by atoms with E-state index in [4.69, 9.17) is 0 Å². The van der Waals surface area contributed by atoms with Crippen molar-refractivity contribution in [1.82, 2.24) is 0 Å². The highest BCUT2D eigenvalue weighted by Gasteiger charge is 1.88. The van der Waals surface area contributed by atoms with Crippen molar-refractivity contribution < 1.29 is 1.43 Å². The second-order valence-electron chi connectivity index (χ2n) is 5.93. The van der Waals surface area contributed by atoms with Gasteiger partial charge in [-0.2, -0.15) is 0 Å². The SMILES string of the molecule is C.CC#CCC/C=C(\C)CCCBr.CC#CCC/C=C(\C)CCCC.[HH]. The summed E-state index contributed by atoms with van der Waals surface area (Å²) in [6.07, 6.45) is 15.2. The van der Waals surface area contributed by atoms with E-state index in [0.29, 0.717) is 0 Å². The number of rotatable bonds is 10. The molecule has 0 aromatic carbocycles. The summed E-state index contributed by atoms with van der Waals surface area (Å²) in [6.45, 7) is 10.4. The molecular weight excluding hydrogens is 368 g/mol. The molecule has 0 rings (SSSR count). The molecule has 0 atom stereocenters. The normalized spacial score (nSPS) is 10.3. The van der Waals surface area contributed by atoms with Gasteiger partial charge >= 0.3 is 0 Å². The lowest BCUT2D eigenvalue weighted by Gasteiger charge is -1.97. The summed E-state index contributed by atoms with van der Waals surface area (Å²) in [7, 11) is 0. The van der Waals surface area contributed by atoms with Crippen LogP contribution >= 0.6 is 15.9 Å². The van der Waals surface area contributed by atoms with Crippen molar-refractivity contribution in [3.8, 4) is 23.7 Å². The van der Waals surface area contributed by atoms with E-state index in [-0.39, 0.29) is 8.85 Å². The van der Waals surface area contributed by atoms with Crippen molar-refractivity contribution in [2.24, 2.45) is 0 Å². The van der Waals surface area contributed by atoms with Gasteiger partial charge in [-0.3, -0.25) is 0 Å². The number of allylic oxidation sites excluding steroid dienone is 4. The number of hydrogen-bond donors (Lipinski definition) is 0. The molecule has 0 aromatic heterocycles. The van der Waals surface area contributed by atoms with Gasteiger partial charge in [0.15, 0.2) is 0 Å². The Labute approximate surface area is 169 Å². The summed E-state index contributed by atoms with van der Waals surface area (Å²) >= 11 is 3.42. The molecule has 0 radical (unpaired) electrons. The van der Waals surface area contributed by atoms with Gasteiger partial charge < -0.3 is 0 Å². The van der Waals surface area contributed by atoms with Gasteiger partial charge in [0.25, 0.3) is 0 Å². The summed E-state index contributed by atoms with van der Waals surface area (Å²) in [5, 5.41) is 1.10. The van der Waals surface area contributed by atoms with Crippen LogP contribution in [0.2, 0.25) is 0 Å². The molecule has 0 heterocycles. The Bertz CT molecular complexity index is 408. The third kappa shape index (κ3) is 28.2. The van der Waals surface area contributed by atoms with Crippen molar-refractivity contribution in [2.45, 2.75) is 99.8 Å². The van der Waals surface area contributed by atoms with Crippen LogP contribution in [-0.4, -0.2) is 5.33 Å². The van der Waals surface area contributed by atoms with Crippen LogP contribution in [0.5, 0.6) is 0 Å². The fraction of sp³-hybridized carbons (Fsp3) is 0.667. The number of hydrogen-bond acceptors (Lipinski definition) is 0. The van der Waals surface area contributed by atoms with Gasteiger partial charge in [0, 0.05) is 19.6 Å². The summed E-state index contributed by atoms with van der Waals surface area (Å²) in [5.41, 5.74) is 3.02. The average molecular weight is 412 g/mol. The molecular formula is C24H43Br. The standard InChI is InChI=1S/C12H20.C11H17Br.CH4.H2/c1-4-6-8-9-11-12(3)10-7-5-2;1-3-4-5-6-8-11(2)9-7-10-12;;/h11H,5,7-10H2,1-3H3;8H,5-7,9-10H2,1-2H3;1H4;1H/b12-11+;11-8+;;. The Morgan fingerprint density at radius 1 is 0.880 bits per heavy atom. The van der Waals surface area contributed by atoms with Crippen molar-refractivity contribution in [3.63, 3.8) is 0 Å². The first-order valence-electron chi connectivity index (χ1n) is 9.28. The van der Waals surface area contributed by atoms with E-state index in [1.54, 1.807) is 0 Å². The van der Waals surface area contributed by atoms with E-state index in [9.17, 15) is 0 Å². The fourth-order valence-corrected chi connectivity index (χ4v) is 2.32. The van der Waals surface area contributed by atoms with Crippen LogP contribution in [0.15, 0.2) is 23.3 Å². The first-order chi connectivity index (χ1) is 11.6. The van der Waals surface area contributed by atoms with Crippen LogP contribution in [0.4, 0.5) is 0 Å². The van der Waals surface area contributed by atoms with Gasteiger partial charge in [0.1, 0.15) is 0 Å². The molecule has 0 nitrogen and oxygen atoms in total. The van der Waals surface area contributed by atoms with Gasteiger partial charge in [-0.1, -0.05) is 60.0 Å². The van der Waals surface area contributed by atoms with E-state index >= 15 is 0 Å². The highest BCUT2D eigenvalue weighted by atomic mass is 79.9. The minimum atomic E-state index is 0. The van der Waals surface area contributed by atoms with Crippen molar-refractivity contribution in [1.29, 1.82) is 0 Å². The topological polar surface area (TPSA) is 0 Å². The van der Waals surface area contributed by atoms with Crippen LogP contribution in [-0.2, 0) is 0 Å². The highest BCUT2D eigenvalue weighted by molar-refractivity contribution is 9.09. The van der Waals surface area contributed by atoms with Gasteiger partial charge in [0.2, 0.25) is 0 Å². The minimum absolute atomic E-state index is 0. The monoisotopic (exact) mass is 410 g/mol. The second-order valence-corrected chi connectivity index (χ2v) is 6.72. The third-order valence-corrected chi connectivity index (χ3v) is 4.07. The van der Waals surface area contributed by atoms with Gasteiger partial charge in [-0.05, 0) is 66.2 Å². The molecule has 146 valence electrons. The summed E-state index contributed by atoms with van der Waals surface area (Å²) < 4.78 is 0. The lowest BCUT2D eigenvalue weighted by Crippen LogP contribution is -1.79. The maximum atomic E-state index is 3.42. The van der Waals surface area contributed by atoms with E-state index < -0.39 is 0 Å². The van der Waals surface area contributed by atoms with E-state index in [1.807, 2.05) is 13.8 Å². The lowest BCUT2D eigenvalue weighted by molar-refractivity contribution is 0.782. The molecule has 0 saturated heterocycles. The number of halogens is 1. The maximum Gasteiger partial charge on any atom is 0.0123 e. The predicted molar refractivity (Wildman–Crippen MR) is 124 cm³/mol. The molecule has 0 aliphatic carbocycles. The second kappa shape index (κ2) is 25.3. The quantitative estimate of drug-likeness (QED) is 0.146. The van der Waals surface area contributed by atoms with Crippen LogP contribution in [0, 0.1) is 23.7 Å². The molecule has 0 amide bonds. The third-order valence-electron chi connectivity index (χ3n) is 3.51. The maximum absolute atomic E-state index is 3.42. The zero-order valence-electron chi connectivity index (χ0n) is 16.6. The Morgan fingerprint density at radius 3 is 1.68 bits per heavy atom. The van der Waals surface area contributed by atoms with E-state index in [1.165, 1.54) is 43.3 Å². The Morgan fingerprint density at radius 2 is 1.32 bits per heavy atom. The average Bonchev–Trinajstić information content (AvgIpc) is 2.59. The summed E-state index contributed by atoms with van der Waals surface area (Å²) in [4.78, 5) is 0. The summed E-state index contributed by atoms with van der Waals surface area (Å²) in [6, 6.07) is 0. The molecule has 0 saturated carbocycles. The molecule has 0 bridgehead atoms. The van der Waals surface area contributed by atoms with E-state index in [0.717, 1.165) is 31.0 Å². The molecule has 1 heteroatoms. The van der Waals surface area contributed by atoms with Crippen LogP contribution in [0.1, 0.15) is 101 Å². The van der Waals surface area contributed by atoms with Crippen molar-refractivity contribution >= 4 is 15.9 Å². The molecule has 25 heavy (non-hydrogen) atoms.